The number of sulfonamides is 1. The van der Waals surface area contributed by atoms with E-state index in [0.29, 0.717) is 32.0 Å². The second-order valence-corrected chi connectivity index (χ2v) is 12.0. The van der Waals surface area contributed by atoms with Crippen LogP contribution < -0.4 is 5.32 Å². The molecule has 7 nitrogen and oxygen atoms in total. The van der Waals surface area contributed by atoms with Crippen molar-refractivity contribution < 1.29 is 13.2 Å². The standard InChI is InChI=1S/C27H34N4O3S/c1-18-7-6-10-24(19(18)2)29-27(32)21-13-15-30(16-14-21)35(33,34)23-11-12-26-25(17-23)28-20(3)31(26)22-8-4-5-9-22/h6-7,10-12,17,21-22H,4-5,8-9,13-16H2,1-3H3,(H,29,32). The summed E-state index contributed by atoms with van der Waals surface area (Å²) in [6.07, 6.45) is 5.78. The summed E-state index contributed by atoms with van der Waals surface area (Å²) in [6.45, 7) is 6.68. The maximum atomic E-state index is 13.4. The molecule has 186 valence electrons. The van der Waals surface area contributed by atoms with Gasteiger partial charge in [-0.2, -0.15) is 4.31 Å². The molecule has 1 saturated carbocycles. The number of imidazole rings is 1. The number of amides is 1. The molecule has 1 aliphatic heterocycles. The third kappa shape index (κ3) is 4.49. The maximum Gasteiger partial charge on any atom is 0.243 e. The molecule has 2 aliphatic rings. The predicted molar refractivity (Wildman–Crippen MR) is 138 cm³/mol. The number of carbonyl (C=O) groups excluding carboxylic acids is 1. The molecule has 2 heterocycles. The molecule has 0 radical (unpaired) electrons. The first-order valence-electron chi connectivity index (χ1n) is 12.6. The predicted octanol–water partition coefficient (Wildman–Crippen LogP) is 5.12. The van der Waals surface area contributed by atoms with Crippen molar-refractivity contribution in [1.29, 1.82) is 0 Å². The van der Waals surface area contributed by atoms with Gasteiger partial charge in [-0.05, 0) is 81.8 Å². The minimum atomic E-state index is -3.64. The molecule has 0 atom stereocenters. The lowest BCUT2D eigenvalue weighted by Crippen LogP contribution is -2.41. The lowest BCUT2D eigenvalue weighted by molar-refractivity contribution is -0.120. The summed E-state index contributed by atoms with van der Waals surface area (Å²) in [5.74, 6) is 0.704. The first kappa shape index (κ1) is 24.0. The molecule has 1 N–H and O–H groups in total. The fourth-order valence-corrected chi connectivity index (χ4v) is 7.10. The zero-order valence-corrected chi connectivity index (χ0v) is 21.6. The number of piperidine rings is 1. The Kier molecular flexibility index (Phi) is 6.44. The van der Waals surface area contributed by atoms with Gasteiger partial charge in [-0.3, -0.25) is 4.79 Å². The van der Waals surface area contributed by atoms with Crippen molar-refractivity contribution in [2.75, 3.05) is 18.4 Å². The van der Waals surface area contributed by atoms with E-state index in [2.05, 4.69) is 9.88 Å². The van der Waals surface area contributed by atoms with Gasteiger partial charge in [0.05, 0.1) is 15.9 Å². The van der Waals surface area contributed by atoms with Crippen molar-refractivity contribution in [2.24, 2.45) is 5.92 Å². The number of carbonyl (C=O) groups is 1. The zero-order chi connectivity index (χ0) is 24.7. The average molecular weight is 495 g/mol. The summed E-state index contributed by atoms with van der Waals surface area (Å²) in [6, 6.07) is 11.6. The van der Waals surface area contributed by atoms with Crippen molar-refractivity contribution in [2.45, 2.75) is 70.2 Å². The lowest BCUT2D eigenvalue weighted by Gasteiger charge is -2.30. The highest BCUT2D eigenvalue weighted by atomic mass is 32.2. The number of aromatic nitrogens is 2. The molecule has 2 aromatic carbocycles. The van der Waals surface area contributed by atoms with Crippen LogP contribution in [-0.2, 0) is 14.8 Å². The van der Waals surface area contributed by atoms with Crippen LogP contribution in [0.5, 0.6) is 0 Å². The zero-order valence-electron chi connectivity index (χ0n) is 20.8. The molecular weight excluding hydrogens is 460 g/mol. The number of nitrogens with one attached hydrogen (secondary N) is 1. The van der Waals surface area contributed by atoms with Crippen LogP contribution in [0.3, 0.4) is 0 Å². The van der Waals surface area contributed by atoms with Gasteiger partial charge in [0.1, 0.15) is 5.82 Å². The molecule has 0 bridgehead atoms. The van der Waals surface area contributed by atoms with Gasteiger partial charge >= 0.3 is 0 Å². The summed E-state index contributed by atoms with van der Waals surface area (Å²) in [4.78, 5) is 17.8. The summed E-state index contributed by atoms with van der Waals surface area (Å²) >= 11 is 0. The molecular formula is C27H34N4O3S. The van der Waals surface area contributed by atoms with Crippen LogP contribution >= 0.6 is 0 Å². The second kappa shape index (κ2) is 9.39. The number of fused-ring (bicyclic) bond motifs is 1. The van der Waals surface area contributed by atoms with E-state index in [1.165, 1.54) is 17.1 Å². The Morgan fingerprint density at radius 3 is 2.43 bits per heavy atom. The minimum absolute atomic E-state index is 0.0369. The van der Waals surface area contributed by atoms with E-state index >= 15 is 0 Å². The van der Waals surface area contributed by atoms with Gasteiger partial charge in [-0.25, -0.2) is 13.4 Å². The normalized spacial score (nSPS) is 18.4. The Balaban J connectivity index is 1.28. The smallest absolute Gasteiger partial charge is 0.243 e. The Morgan fingerprint density at radius 1 is 1.00 bits per heavy atom. The van der Waals surface area contributed by atoms with Gasteiger partial charge in [0.25, 0.3) is 0 Å². The van der Waals surface area contributed by atoms with Crippen LogP contribution in [0.15, 0.2) is 41.3 Å². The van der Waals surface area contributed by atoms with Crippen molar-refractivity contribution >= 4 is 32.7 Å². The van der Waals surface area contributed by atoms with E-state index in [0.717, 1.165) is 46.5 Å². The molecule has 8 heteroatoms. The molecule has 5 rings (SSSR count). The van der Waals surface area contributed by atoms with Gasteiger partial charge in [-0.1, -0.05) is 25.0 Å². The molecule has 2 fully saturated rings. The molecule has 35 heavy (non-hydrogen) atoms. The second-order valence-electron chi connectivity index (χ2n) is 10.0. The van der Waals surface area contributed by atoms with Crippen molar-refractivity contribution in [3.05, 3.63) is 53.3 Å². The number of hydrogen-bond acceptors (Lipinski definition) is 4. The van der Waals surface area contributed by atoms with Crippen LogP contribution in [0.25, 0.3) is 11.0 Å². The number of benzene rings is 2. The van der Waals surface area contributed by atoms with Crippen LogP contribution in [0.4, 0.5) is 5.69 Å². The Bertz CT molecular complexity index is 1360. The van der Waals surface area contributed by atoms with Gasteiger partial charge < -0.3 is 9.88 Å². The Hall–Kier alpha value is -2.71. The molecule has 3 aromatic rings. The van der Waals surface area contributed by atoms with E-state index in [1.54, 1.807) is 12.1 Å². The molecule has 0 unspecified atom stereocenters. The average Bonchev–Trinajstić information content (AvgIpc) is 3.48. The third-order valence-electron chi connectivity index (χ3n) is 7.85. The van der Waals surface area contributed by atoms with Crippen LogP contribution in [0.2, 0.25) is 0 Å². The summed E-state index contributed by atoms with van der Waals surface area (Å²) < 4.78 is 30.6. The molecule has 1 aromatic heterocycles. The van der Waals surface area contributed by atoms with E-state index in [1.807, 2.05) is 45.0 Å². The number of hydrogen-bond donors (Lipinski definition) is 1. The molecule has 1 saturated heterocycles. The Morgan fingerprint density at radius 2 is 1.71 bits per heavy atom. The lowest BCUT2D eigenvalue weighted by atomic mass is 9.97. The van der Waals surface area contributed by atoms with Crippen LogP contribution in [0.1, 0.15) is 61.5 Å². The minimum Gasteiger partial charge on any atom is -0.326 e. The van der Waals surface area contributed by atoms with E-state index < -0.39 is 10.0 Å². The van der Waals surface area contributed by atoms with Gasteiger partial charge in [0.2, 0.25) is 15.9 Å². The van der Waals surface area contributed by atoms with Gasteiger partial charge in [0, 0.05) is 30.7 Å². The van der Waals surface area contributed by atoms with E-state index in [-0.39, 0.29) is 16.7 Å². The third-order valence-corrected chi connectivity index (χ3v) is 9.75. The van der Waals surface area contributed by atoms with Gasteiger partial charge in [0.15, 0.2) is 0 Å². The largest absolute Gasteiger partial charge is 0.326 e. The van der Waals surface area contributed by atoms with Crippen molar-refractivity contribution in [3.8, 4) is 0 Å². The SMILES string of the molecule is Cc1cccc(NC(=O)C2CCN(S(=O)(=O)c3ccc4c(c3)nc(C)n4C3CCCC3)CC2)c1C. The monoisotopic (exact) mass is 494 g/mol. The molecule has 1 amide bonds. The number of nitrogens with zero attached hydrogens (tertiary/aromatic N) is 3. The summed E-state index contributed by atoms with van der Waals surface area (Å²) in [5.41, 5.74) is 4.75. The number of aryl methyl sites for hydroxylation is 2. The van der Waals surface area contributed by atoms with Crippen LogP contribution in [0, 0.1) is 26.7 Å². The molecule has 0 spiro atoms. The quantitative estimate of drug-likeness (QED) is 0.534. The fraction of sp³-hybridized carbons (Fsp3) is 0.481. The highest BCUT2D eigenvalue weighted by Crippen LogP contribution is 2.34. The number of anilines is 1. The van der Waals surface area contributed by atoms with E-state index in [4.69, 9.17) is 4.98 Å². The highest BCUT2D eigenvalue weighted by Gasteiger charge is 2.33. The fourth-order valence-electron chi connectivity index (χ4n) is 5.61. The van der Waals surface area contributed by atoms with Crippen molar-refractivity contribution in [3.63, 3.8) is 0 Å². The molecule has 1 aliphatic carbocycles. The van der Waals surface area contributed by atoms with E-state index in [9.17, 15) is 13.2 Å². The first-order valence-corrected chi connectivity index (χ1v) is 14.1. The van der Waals surface area contributed by atoms with Crippen molar-refractivity contribution in [1.82, 2.24) is 13.9 Å². The van der Waals surface area contributed by atoms with Gasteiger partial charge in [-0.15, -0.1) is 0 Å². The maximum absolute atomic E-state index is 13.4. The summed E-state index contributed by atoms with van der Waals surface area (Å²) in [5, 5.41) is 3.04. The number of rotatable bonds is 5. The topological polar surface area (TPSA) is 84.3 Å². The Labute approximate surface area is 207 Å². The first-order chi connectivity index (χ1) is 16.8. The highest BCUT2D eigenvalue weighted by molar-refractivity contribution is 7.89. The summed E-state index contributed by atoms with van der Waals surface area (Å²) in [7, 11) is -3.64. The van der Waals surface area contributed by atoms with Crippen LogP contribution in [-0.4, -0.2) is 41.3 Å².